The number of para-hydroxylation sites is 1. The molecule has 7 aromatic carbocycles. The lowest BCUT2D eigenvalue weighted by atomic mass is 9.67. The van der Waals surface area contributed by atoms with Crippen molar-refractivity contribution < 1.29 is 9.15 Å². The molecule has 0 saturated carbocycles. The summed E-state index contributed by atoms with van der Waals surface area (Å²) in [4.78, 5) is 0. The molecule has 2 nitrogen and oxygen atoms in total. The number of furan rings is 1. The minimum atomic E-state index is -0.441. The van der Waals surface area contributed by atoms with E-state index in [1.54, 1.807) is 0 Å². The van der Waals surface area contributed by atoms with Crippen LogP contribution in [0.25, 0.3) is 44.2 Å². The second-order valence-corrected chi connectivity index (χ2v) is 13.6. The van der Waals surface area contributed by atoms with E-state index in [1.807, 2.05) is 12.1 Å². The van der Waals surface area contributed by atoms with E-state index in [4.69, 9.17) is 9.15 Å². The van der Waals surface area contributed by atoms with Gasteiger partial charge in [-0.3, -0.25) is 0 Å². The van der Waals surface area contributed by atoms with Crippen LogP contribution in [0.3, 0.4) is 0 Å². The molecule has 8 aromatic rings. The average Bonchev–Trinajstić information content (AvgIpc) is 3.66. The van der Waals surface area contributed by atoms with Crippen molar-refractivity contribution in [1.82, 2.24) is 0 Å². The van der Waals surface area contributed by atoms with E-state index < -0.39 is 5.41 Å². The van der Waals surface area contributed by atoms with Crippen LogP contribution in [0.1, 0.15) is 47.2 Å². The Morgan fingerprint density at radius 2 is 1.08 bits per heavy atom. The summed E-state index contributed by atoms with van der Waals surface area (Å²) in [5.74, 6) is 1.69. The van der Waals surface area contributed by atoms with Gasteiger partial charge in [-0.05, 0) is 68.8 Å². The molecule has 0 fully saturated rings. The number of benzene rings is 7. The van der Waals surface area contributed by atoms with Gasteiger partial charge in [-0.1, -0.05) is 147 Å². The van der Waals surface area contributed by atoms with Crippen molar-refractivity contribution in [2.75, 3.05) is 0 Å². The van der Waals surface area contributed by atoms with Crippen molar-refractivity contribution in [2.45, 2.75) is 24.7 Å². The van der Waals surface area contributed by atoms with Gasteiger partial charge in [0.25, 0.3) is 0 Å². The molecule has 0 amide bonds. The monoisotopic (exact) mass is 616 g/mol. The molecule has 1 aromatic heterocycles. The Morgan fingerprint density at radius 1 is 0.458 bits per heavy atom. The summed E-state index contributed by atoms with van der Waals surface area (Å²) in [5, 5.41) is 2.19. The van der Waals surface area contributed by atoms with Gasteiger partial charge in [0.05, 0.1) is 5.41 Å². The average molecular weight is 617 g/mol. The van der Waals surface area contributed by atoms with E-state index >= 15 is 0 Å². The molecule has 0 bridgehead atoms. The molecule has 2 heterocycles. The highest BCUT2D eigenvalue weighted by molar-refractivity contribution is 6.07. The third-order valence-electron chi connectivity index (χ3n) is 10.8. The van der Waals surface area contributed by atoms with Gasteiger partial charge < -0.3 is 9.15 Å². The smallest absolute Gasteiger partial charge is 0.178 e. The molecule has 10 rings (SSSR count). The van der Waals surface area contributed by atoms with Crippen LogP contribution in [0.2, 0.25) is 0 Å². The predicted octanol–water partition coefficient (Wildman–Crippen LogP) is 12.0. The zero-order chi connectivity index (χ0) is 32.0. The van der Waals surface area contributed by atoms with E-state index in [2.05, 4.69) is 159 Å². The molecule has 1 aliphatic heterocycles. The summed E-state index contributed by atoms with van der Waals surface area (Å²) >= 11 is 0. The van der Waals surface area contributed by atoms with Crippen molar-refractivity contribution in [3.05, 3.63) is 191 Å². The molecule has 0 saturated heterocycles. The third-order valence-corrected chi connectivity index (χ3v) is 10.8. The van der Waals surface area contributed by atoms with Gasteiger partial charge in [0.1, 0.15) is 11.3 Å². The Morgan fingerprint density at radius 3 is 1.88 bits per heavy atom. The van der Waals surface area contributed by atoms with Crippen molar-refractivity contribution in [1.29, 1.82) is 0 Å². The summed E-state index contributed by atoms with van der Waals surface area (Å²) in [6.07, 6.45) is 0. The maximum Gasteiger partial charge on any atom is 0.178 e. The molecule has 228 valence electrons. The molecule has 48 heavy (non-hydrogen) atoms. The summed E-state index contributed by atoms with van der Waals surface area (Å²) < 4.78 is 13.3. The molecular formula is C46H32O2. The molecule has 0 spiro atoms. The van der Waals surface area contributed by atoms with Crippen LogP contribution in [0, 0.1) is 0 Å². The number of hydrogen-bond donors (Lipinski definition) is 0. The van der Waals surface area contributed by atoms with Crippen molar-refractivity contribution in [3.8, 4) is 33.8 Å². The first-order valence-electron chi connectivity index (χ1n) is 16.7. The zero-order valence-corrected chi connectivity index (χ0v) is 26.8. The van der Waals surface area contributed by atoms with Crippen molar-refractivity contribution in [2.24, 2.45) is 0 Å². The number of hydrogen-bond acceptors (Lipinski definition) is 2. The van der Waals surface area contributed by atoms with Gasteiger partial charge in [-0.25, -0.2) is 0 Å². The van der Waals surface area contributed by atoms with Gasteiger partial charge >= 0.3 is 0 Å². The lowest BCUT2D eigenvalue weighted by Crippen LogP contribution is -2.28. The van der Waals surface area contributed by atoms with Crippen LogP contribution < -0.4 is 4.74 Å². The normalized spacial score (nSPS) is 15.0. The fourth-order valence-electron chi connectivity index (χ4n) is 8.54. The second-order valence-electron chi connectivity index (χ2n) is 13.6. The Hall–Kier alpha value is -5.86. The fourth-order valence-corrected chi connectivity index (χ4v) is 8.54. The number of ether oxygens (including phenoxy) is 1. The van der Waals surface area contributed by atoms with Gasteiger partial charge in [0.15, 0.2) is 11.3 Å². The largest absolute Gasteiger partial charge is 0.453 e. The van der Waals surface area contributed by atoms with Crippen LogP contribution in [0.5, 0.6) is 11.5 Å². The first-order chi connectivity index (χ1) is 23.5. The van der Waals surface area contributed by atoms with Gasteiger partial charge in [0, 0.05) is 27.3 Å². The quantitative estimate of drug-likeness (QED) is 0.197. The lowest BCUT2D eigenvalue weighted by molar-refractivity contribution is 0.415. The minimum Gasteiger partial charge on any atom is -0.453 e. The van der Waals surface area contributed by atoms with Crippen LogP contribution in [0.15, 0.2) is 162 Å². The Bertz CT molecular complexity index is 2510. The zero-order valence-electron chi connectivity index (χ0n) is 26.8. The Kier molecular flexibility index (Phi) is 5.58. The molecule has 0 atom stereocenters. The summed E-state index contributed by atoms with van der Waals surface area (Å²) in [6.45, 7) is 4.56. The highest BCUT2D eigenvalue weighted by atomic mass is 16.5. The molecule has 0 N–H and O–H groups in total. The van der Waals surface area contributed by atoms with Gasteiger partial charge in [-0.15, -0.1) is 0 Å². The van der Waals surface area contributed by atoms with Crippen LogP contribution >= 0.6 is 0 Å². The summed E-state index contributed by atoms with van der Waals surface area (Å²) in [6, 6.07) is 57.2. The first-order valence-corrected chi connectivity index (χ1v) is 16.7. The number of rotatable bonds is 3. The topological polar surface area (TPSA) is 22.4 Å². The molecule has 2 heteroatoms. The van der Waals surface area contributed by atoms with Crippen LogP contribution in [-0.2, 0) is 10.8 Å². The predicted molar refractivity (Wildman–Crippen MR) is 195 cm³/mol. The fraction of sp³-hybridized carbons (Fsp3) is 0.0870. The second kappa shape index (κ2) is 9.82. The number of fused-ring (bicyclic) bond motifs is 9. The van der Waals surface area contributed by atoms with E-state index in [9.17, 15) is 0 Å². The highest BCUT2D eigenvalue weighted by Gasteiger charge is 2.46. The molecule has 0 radical (unpaired) electrons. The van der Waals surface area contributed by atoms with E-state index in [0.717, 1.165) is 50.1 Å². The van der Waals surface area contributed by atoms with E-state index in [1.165, 1.54) is 38.9 Å². The SMILES string of the molecule is CC1(C)c2ccc(-c3ccc4c(c3)C(c3ccccc3)(c3ccccc3)c3ccccc3-4)cc2Oc2c1ccc1c2oc2ccccc21. The van der Waals surface area contributed by atoms with Crippen molar-refractivity contribution >= 4 is 21.9 Å². The van der Waals surface area contributed by atoms with E-state index in [0.29, 0.717) is 0 Å². The van der Waals surface area contributed by atoms with Crippen molar-refractivity contribution in [3.63, 3.8) is 0 Å². The van der Waals surface area contributed by atoms with Crippen LogP contribution in [-0.4, -0.2) is 0 Å². The first kappa shape index (κ1) is 27.3. The molecular weight excluding hydrogens is 585 g/mol. The lowest BCUT2D eigenvalue weighted by Gasteiger charge is -2.35. The standard InChI is InChI=1S/C46H32O2/c1-45(2)38-25-22-30(28-42(38)48-44-39(45)26-24-36-35-18-10-12-20-41(35)47-43(36)44)29-21-23-34-33-17-9-11-19-37(33)46(40(34)27-29,31-13-5-3-6-14-31)32-15-7-4-8-16-32/h3-28H,1-2H3. The maximum atomic E-state index is 6.85. The van der Waals surface area contributed by atoms with Gasteiger partial charge in [-0.2, -0.15) is 0 Å². The van der Waals surface area contributed by atoms with Gasteiger partial charge in [0.2, 0.25) is 0 Å². The summed E-state index contributed by atoms with van der Waals surface area (Å²) in [5.41, 5.74) is 13.3. The third kappa shape index (κ3) is 3.58. The van der Waals surface area contributed by atoms with E-state index in [-0.39, 0.29) is 5.41 Å². The Labute approximate surface area is 279 Å². The van der Waals surface area contributed by atoms with Crippen LogP contribution in [0.4, 0.5) is 0 Å². The highest BCUT2D eigenvalue weighted by Crippen LogP contribution is 2.57. The minimum absolute atomic E-state index is 0.260. The summed E-state index contributed by atoms with van der Waals surface area (Å²) in [7, 11) is 0. The molecule has 1 aliphatic carbocycles. The Balaban J connectivity index is 1.17. The maximum absolute atomic E-state index is 6.85. The molecule has 2 aliphatic rings. The molecule has 0 unspecified atom stereocenters.